The fourth-order valence-corrected chi connectivity index (χ4v) is 6.02. The second-order valence-electron chi connectivity index (χ2n) is 9.38. The van der Waals surface area contributed by atoms with Crippen LogP contribution < -0.4 is 25.8 Å². The van der Waals surface area contributed by atoms with Crippen LogP contribution in [0, 0.1) is 23.1 Å². The minimum absolute atomic E-state index is 0.224. The maximum Gasteiger partial charge on any atom is 0.191 e. The Labute approximate surface area is 221 Å². The zero-order valence-electron chi connectivity index (χ0n) is 21.4. The summed E-state index contributed by atoms with van der Waals surface area (Å²) in [6.07, 6.45) is 3.24. The van der Waals surface area contributed by atoms with Crippen LogP contribution in [0.15, 0.2) is 41.4 Å². The van der Waals surface area contributed by atoms with Gasteiger partial charge in [0.25, 0.3) is 0 Å². The lowest BCUT2D eigenvalue weighted by Gasteiger charge is -2.32. The van der Waals surface area contributed by atoms with Crippen molar-refractivity contribution in [1.82, 2.24) is 15.3 Å². The van der Waals surface area contributed by atoms with Gasteiger partial charge in [0, 0.05) is 50.7 Å². The summed E-state index contributed by atoms with van der Waals surface area (Å²) >= 11 is 1.38. The number of hydrogen-bond acceptors (Lipinski definition) is 8. The third kappa shape index (κ3) is 5.22. The second kappa shape index (κ2) is 11.4. The summed E-state index contributed by atoms with van der Waals surface area (Å²) in [5, 5.41) is 15.9. The standard InChI is InChI=1S/C28H32FN7S/c1-3-5-6-20-18-32-22-11-12-24(35-15-13-31-14-16-35)33-26(22)27(20)36(4-2)28-34-25(23(17-30)37-28)19-7-9-21(29)10-8-19/h7-12,20,31H,3-6,13-16,18H2,1-2H3. The number of nitriles is 1. The number of nitrogens with zero attached hydrogens (tertiary/aromatic N) is 6. The van der Waals surface area contributed by atoms with E-state index in [1.165, 1.54) is 23.5 Å². The lowest BCUT2D eigenvalue weighted by Crippen LogP contribution is -2.47. The Balaban J connectivity index is 1.65. The van der Waals surface area contributed by atoms with E-state index in [2.05, 4.69) is 47.2 Å². The van der Waals surface area contributed by atoms with Gasteiger partial charge in [0.15, 0.2) is 5.13 Å². The Morgan fingerprint density at radius 2 is 1.92 bits per heavy atom. The molecule has 0 bridgehead atoms. The van der Waals surface area contributed by atoms with Crippen molar-refractivity contribution in [3.8, 4) is 17.3 Å². The van der Waals surface area contributed by atoms with Crippen LogP contribution in [0.25, 0.3) is 17.0 Å². The average molecular weight is 518 g/mol. The maximum atomic E-state index is 13.6. The molecule has 37 heavy (non-hydrogen) atoms. The highest BCUT2D eigenvalue weighted by atomic mass is 32.1. The summed E-state index contributed by atoms with van der Waals surface area (Å²) in [5.41, 5.74) is 2.47. The molecule has 1 atom stereocenters. The molecule has 4 heterocycles. The maximum absolute atomic E-state index is 13.6. The van der Waals surface area contributed by atoms with Gasteiger partial charge in [0.1, 0.15) is 33.6 Å². The first-order chi connectivity index (χ1) is 18.1. The molecule has 0 spiro atoms. The number of hydrogen-bond donors (Lipinski definition) is 1. The molecule has 1 N–H and O–H groups in total. The van der Waals surface area contributed by atoms with Crippen molar-refractivity contribution in [2.75, 3.05) is 49.1 Å². The van der Waals surface area contributed by atoms with E-state index in [0.29, 0.717) is 17.1 Å². The summed E-state index contributed by atoms with van der Waals surface area (Å²) in [4.78, 5) is 20.1. The third-order valence-electron chi connectivity index (χ3n) is 6.99. The van der Waals surface area contributed by atoms with Crippen molar-refractivity contribution in [2.24, 2.45) is 10.9 Å². The van der Waals surface area contributed by atoms with E-state index in [1.807, 2.05) is 0 Å². The number of aromatic nitrogens is 2. The van der Waals surface area contributed by atoms with Crippen molar-refractivity contribution in [3.05, 3.63) is 57.8 Å². The van der Waals surface area contributed by atoms with Gasteiger partial charge in [-0.3, -0.25) is 4.99 Å². The molecule has 9 heteroatoms. The number of rotatable bonds is 8. The normalized spacial score (nSPS) is 17.2. The molecule has 0 radical (unpaired) electrons. The van der Waals surface area contributed by atoms with E-state index in [9.17, 15) is 9.65 Å². The smallest absolute Gasteiger partial charge is 0.191 e. The van der Waals surface area contributed by atoms with Crippen molar-refractivity contribution in [1.29, 1.82) is 5.26 Å². The van der Waals surface area contributed by atoms with Gasteiger partial charge in [-0.05, 0) is 49.7 Å². The largest absolute Gasteiger partial charge is 0.354 e. The lowest BCUT2D eigenvalue weighted by molar-refractivity contribution is 0.548. The molecular formula is C28H32FN7S. The van der Waals surface area contributed by atoms with Crippen molar-refractivity contribution in [3.63, 3.8) is 0 Å². The quantitative estimate of drug-likeness (QED) is 0.491. The average Bonchev–Trinajstić information content (AvgIpc) is 3.37. The van der Waals surface area contributed by atoms with Crippen LogP contribution in [0.3, 0.4) is 0 Å². The fraction of sp³-hybridized carbons (Fsp3) is 0.429. The highest BCUT2D eigenvalue weighted by molar-refractivity contribution is 7.16. The first kappa shape index (κ1) is 25.3. The molecule has 5 rings (SSSR count). The zero-order valence-corrected chi connectivity index (χ0v) is 22.2. The number of unbranched alkanes of at least 4 members (excludes halogenated alkanes) is 1. The number of halogens is 1. The summed E-state index contributed by atoms with van der Waals surface area (Å²) in [7, 11) is 0. The number of piperazine rings is 1. The van der Waals surface area contributed by atoms with Gasteiger partial charge in [-0.25, -0.2) is 14.4 Å². The lowest BCUT2D eigenvalue weighted by atomic mass is 9.95. The van der Waals surface area contributed by atoms with Crippen LogP contribution in [0.1, 0.15) is 38.0 Å². The Hall–Kier alpha value is -3.35. The van der Waals surface area contributed by atoms with Gasteiger partial charge in [-0.15, -0.1) is 0 Å². The number of fused-ring (bicyclic) bond motifs is 1. The van der Waals surface area contributed by atoms with Crippen LogP contribution in [0.4, 0.5) is 15.3 Å². The molecule has 192 valence electrons. The molecule has 2 aromatic heterocycles. The summed E-state index contributed by atoms with van der Waals surface area (Å²) in [6.45, 7) is 9.47. The molecule has 1 saturated heterocycles. The number of pyridine rings is 1. The first-order valence-electron chi connectivity index (χ1n) is 13.1. The van der Waals surface area contributed by atoms with Crippen molar-refractivity contribution < 1.29 is 4.39 Å². The molecule has 1 fully saturated rings. The Kier molecular flexibility index (Phi) is 7.77. The van der Waals surface area contributed by atoms with Crippen molar-refractivity contribution >= 4 is 28.0 Å². The van der Waals surface area contributed by atoms with Crippen LogP contribution in [0.5, 0.6) is 0 Å². The molecule has 2 aliphatic rings. The molecule has 0 saturated carbocycles. The number of thiazole rings is 1. The Bertz CT molecular complexity index is 1400. The van der Waals surface area contributed by atoms with Crippen molar-refractivity contribution in [2.45, 2.75) is 33.1 Å². The predicted octanol–water partition coefficient (Wildman–Crippen LogP) is 3.70. The van der Waals surface area contributed by atoms with E-state index in [0.717, 1.165) is 84.9 Å². The van der Waals surface area contributed by atoms with Gasteiger partial charge in [0.2, 0.25) is 0 Å². The van der Waals surface area contributed by atoms with Gasteiger partial charge >= 0.3 is 0 Å². The SMILES string of the molecule is CCCCC1CN=c2ccc(N3CCNCC3)nc2=C1N(CC)c1nc(-c2ccc(F)cc2)c(C#N)s1. The highest BCUT2D eigenvalue weighted by Gasteiger charge is 2.28. The first-order valence-corrected chi connectivity index (χ1v) is 13.9. The third-order valence-corrected chi connectivity index (χ3v) is 7.97. The minimum atomic E-state index is -0.309. The van der Waals surface area contributed by atoms with E-state index in [-0.39, 0.29) is 11.7 Å². The molecule has 3 aromatic rings. The molecule has 7 nitrogen and oxygen atoms in total. The number of benzene rings is 1. The Morgan fingerprint density at radius 1 is 1.14 bits per heavy atom. The van der Waals surface area contributed by atoms with Gasteiger partial charge < -0.3 is 15.1 Å². The van der Waals surface area contributed by atoms with Gasteiger partial charge in [0.05, 0.1) is 11.1 Å². The number of anilines is 2. The number of nitrogens with one attached hydrogen (secondary N) is 1. The molecule has 0 aliphatic carbocycles. The van der Waals surface area contributed by atoms with E-state index >= 15 is 0 Å². The van der Waals surface area contributed by atoms with E-state index in [4.69, 9.17) is 15.0 Å². The van der Waals surface area contributed by atoms with E-state index < -0.39 is 0 Å². The van der Waals surface area contributed by atoms with Gasteiger partial charge in [-0.1, -0.05) is 31.1 Å². The predicted molar refractivity (Wildman–Crippen MR) is 147 cm³/mol. The second-order valence-corrected chi connectivity index (χ2v) is 10.4. The van der Waals surface area contributed by atoms with E-state index in [1.54, 1.807) is 12.1 Å². The molecular weight excluding hydrogens is 485 g/mol. The summed E-state index contributed by atoms with van der Waals surface area (Å²) in [6, 6.07) is 12.7. The fourth-order valence-electron chi connectivity index (χ4n) is 5.05. The Morgan fingerprint density at radius 3 is 2.62 bits per heavy atom. The topological polar surface area (TPSA) is 80.4 Å². The van der Waals surface area contributed by atoms with Crippen LogP contribution in [-0.4, -0.2) is 49.2 Å². The highest BCUT2D eigenvalue weighted by Crippen LogP contribution is 2.36. The van der Waals surface area contributed by atoms with Gasteiger partial charge in [-0.2, -0.15) is 5.26 Å². The molecule has 2 aliphatic heterocycles. The van der Waals surface area contributed by atoms with Crippen LogP contribution >= 0.6 is 11.3 Å². The summed E-state index contributed by atoms with van der Waals surface area (Å²) in [5.74, 6) is 0.891. The molecule has 1 unspecified atom stereocenters. The monoisotopic (exact) mass is 517 g/mol. The minimum Gasteiger partial charge on any atom is -0.354 e. The zero-order chi connectivity index (χ0) is 25.8. The molecule has 1 aromatic carbocycles. The summed E-state index contributed by atoms with van der Waals surface area (Å²) < 4.78 is 13.6. The molecule has 0 amide bonds. The van der Waals surface area contributed by atoms with Crippen LogP contribution in [-0.2, 0) is 0 Å². The van der Waals surface area contributed by atoms with Crippen LogP contribution in [0.2, 0.25) is 0 Å².